The van der Waals surface area contributed by atoms with E-state index in [0.29, 0.717) is 6.42 Å². The highest BCUT2D eigenvalue weighted by molar-refractivity contribution is 6.10. The number of nitro groups is 1. The van der Waals surface area contributed by atoms with E-state index in [9.17, 15) is 24.5 Å². The molecule has 1 aromatic carbocycles. The summed E-state index contributed by atoms with van der Waals surface area (Å²) in [5, 5.41) is 27.2. The van der Waals surface area contributed by atoms with Gasteiger partial charge in [0.05, 0.1) is 4.92 Å². The number of nitrogens with zero attached hydrogens (tertiary/aromatic N) is 5. The molecule has 2 aromatic rings. The Kier molecular flexibility index (Phi) is 4.75. The number of hydrogen-bond acceptors (Lipinski definition) is 7. The van der Waals surface area contributed by atoms with Crippen molar-refractivity contribution in [3.05, 3.63) is 57.8 Å². The maximum absolute atomic E-state index is 12.7. The first-order valence-electron chi connectivity index (χ1n) is 7.84. The van der Waals surface area contributed by atoms with Gasteiger partial charge in [-0.1, -0.05) is 12.1 Å². The molecule has 0 spiro atoms. The first-order chi connectivity index (χ1) is 12.9. The van der Waals surface area contributed by atoms with Crippen molar-refractivity contribution in [3.63, 3.8) is 0 Å². The molecule has 1 N–H and O–H groups in total. The lowest BCUT2D eigenvalue weighted by Crippen LogP contribution is -2.52. The molecule has 27 heavy (non-hydrogen) atoms. The smallest absolute Gasteiger partial charge is 0.356 e. The second-order valence-electron chi connectivity index (χ2n) is 5.60. The third-order valence-corrected chi connectivity index (χ3v) is 3.95. The highest BCUT2D eigenvalue weighted by Crippen LogP contribution is 2.23. The van der Waals surface area contributed by atoms with E-state index in [0.717, 1.165) is 4.90 Å². The van der Waals surface area contributed by atoms with Gasteiger partial charge >= 0.3 is 12.0 Å². The molecule has 11 heteroatoms. The van der Waals surface area contributed by atoms with Crippen molar-refractivity contribution in [1.82, 2.24) is 15.1 Å². The summed E-state index contributed by atoms with van der Waals surface area (Å²) in [6.45, 7) is 0.349. The van der Waals surface area contributed by atoms with Gasteiger partial charge in [-0.15, -0.1) is 10.2 Å². The zero-order valence-corrected chi connectivity index (χ0v) is 13.8. The van der Waals surface area contributed by atoms with Crippen LogP contribution in [0.25, 0.3) is 0 Å². The van der Waals surface area contributed by atoms with Crippen LogP contribution >= 0.6 is 0 Å². The third kappa shape index (κ3) is 3.42. The Labute approximate surface area is 152 Å². The molecule has 3 amide bonds. The number of imide groups is 1. The normalized spacial score (nSPS) is 14.1. The van der Waals surface area contributed by atoms with Crippen LogP contribution in [0.2, 0.25) is 0 Å². The minimum atomic E-state index is -1.26. The van der Waals surface area contributed by atoms with Gasteiger partial charge in [0.25, 0.3) is 11.6 Å². The van der Waals surface area contributed by atoms with Crippen LogP contribution in [0.1, 0.15) is 27.3 Å². The largest absolute Gasteiger partial charge is 0.476 e. The summed E-state index contributed by atoms with van der Waals surface area (Å²) in [7, 11) is 0. The molecule has 1 saturated heterocycles. The molecule has 138 valence electrons. The number of carboxylic acid groups (broad SMARTS) is 1. The topological polar surface area (TPSA) is 147 Å². The highest BCUT2D eigenvalue weighted by atomic mass is 16.6. The van der Waals surface area contributed by atoms with Gasteiger partial charge in [-0.3, -0.25) is 24.7 Å². The molecule has 11 nitrogen and oxygen atoms in total. The van der Waals surface area contributed by atoms with Crippen LogP contribution in [0, 0.1) is 10.1 Å². The second-order valence-corrected chi connectivity index (χ2v) is 5.60. The Morgan fingerprint density at radius 3 is 2.48 bits per heavy atom. The number of amides is 3. The molecule has 1 fully saturated rings. The Morgan fingerprint density at radius 2 is 1.85 bits per heavy atom. The number of nitro benzene ring substituents is 1. The minimum absolute atomic E-state index is 0.0880. The summed E-state index contributed by atoms with van der Waals surface area (Å²) in [6.07, 6.45) is 0.417. The first-order valence-corrected chi connectivity index (χ1v) is 7.84. The Bertz CT molecular complexity index is 929. The highest BCUT2D eigenvalue weighted by Gasteiger charge is 2.35. The first kappa shape index (κ1) is 17.9. The fraction of sp³-hybridized carbons (Fsp3) is 0.188. The van der Waals surface area contributed by atoms with Crippen LogP contribution in [0.15, 0.2) is 36.4 Å². The molecule has 2 heterocycles. The van der Waals surface area contributed by atoms with E-state index in [1.165, 1.54) is 41.3 Å². The molecule has 3 rings (SSSR count). The number of aromatic carboxylic acids is 1. The summed E-state index contributed by atoms with van der Waals surface area (Å²) < 4.78 is 0. The Morgan fingerprint density at radius 1 is 1.11 bits per heavy atom. The lowest BCUT2D eigenvalue weighted by atomic mass is 10.1. The van der Waals surface area contributed by atoms with Crippen LogP contribution in [0.4, 0.5) is 16.3 Å². The number of urea groups is 1. The predicted molar refractivity (Wildman–Crippen MR) is 90.5 cm³/mol. The summed E-state index contributed by atoms with van der Waals surface area (Å²) in [5.74, 6) is -1.95. The summed E-state index contributed by atoms with van der Waals surface area (Å²) in [6, 6.07) is 7.18. The van der Waals surface area contributed by atoms with Gasteiger partial charge in [0.2, 0.25) is 0 Å². The fourth-order valence-corrected chi connectivity index (χ4v) is 2.67. The van der Waals surface area contributed by atoms with Crippen molar-refractivity contribution in [1.29, 1.82) is 0 Å². The molecule has 0 unspecified atom stereocenters. The van der Waals surface area contributed by atoms with Crippen LogP contribution in [0.3, 0.4) is 0 Å². The van der Waals surface area contributed by atoms with E-state index in [1.807, 2.05) is 0 Å². The average molecular weight is 371 g/mol. The molecule has 1 aliphatic rings. The monoisotopic (exact) mass is 371 g/mol. The molecule has 0 atom stereocenters. The molecule has 1 aliphatic heterocycles. The predicted octanol–water partition coefficient (Wildman–Crippen LogP) is 1.56. The molecule has 0 saturated carbocycles. The lowest BCUT2D eigenvalue weighted by Gasteiger charge is -2.33. The van der Waals surface area contributed by atoms with Gasteiger partial charge in [-0.05, 0) is 24.6 Å². The molecular weight excluding hydrogens is 358 g/mol. The SMILES string of the molecule is O=C(O)c1ccc(N2CCCN(C(=O)c3ccccc3[N+](=O)[O-])C2=O)nn1. The number of hydrogen-bond donors (Lipinski definition) is 1. The maximum Gasteiger partial charge on any atom is 0.356 e. The van der Waals surface area contributed by atoms with Crippen LogP contribution in [-0.4, -0.2) is 56.1 Å². The number of carbonyl (C=O) groups excluding carboxylic acids is 2. The van der Waals surface area contributed by atoms with Crippen molar-refractivity contribution in [2.45, 2.75) is 6.42 Å². The third-order valence-electron chi connectivity index (χ3n) is 3.95. The number of benzene rings is 1. The molecule has 0 radical (unpaired) electrons. The van der Waals surface area contributed by atoms with Gasteiger partial charge in [0.15, 0.2) is 11.5 Å². The number of aromatic nitrogens is 2. The summed E-state index contributed by atoms with van der Waals surface area (Å²) in [5.41, 5.74) is -0.862. The minimum Gasteiger partial charge on any atom is -0.476 e. The van der Waals surface area contributed by atoms with Gasteiger partial charge in [-0.25, -0.2) is 9.59 Å². The Balaban J connectivity index is 1.88. The van der Waals surface area contributed by atoms with Crippen molar-refractivity contribution in [2.75, 3.05) is 18.0 Å². The van der Waals surface area contributed by atoms with E-state index in [-0.39, 0.29) is 30.2 Å². The molecular formula is C16H13N5O6. The van der Waals surface area contributed by atoms with Crippen molar-refractivity contribution in [2.24, 2.45) is 0 Å². The van der Waals surface area contributed by atoms with Crippen molar-refractivity contribution >= 4 is 29.4 Å². The molecule has 0 aliphatic carbocycles. The van der Waals surface area contributed by atoms with E-state index in [2.05, 4.69) is 10.2 Å². The quantitative estimate of drug-likeness (QED) is 0.629. The molecule has 1 aromatic heterocycles. The van der Waals surface area contributed by atoms with Crippen LogP contribution in [-0.2, 0) is 0 Å². The van der Waals surface area contributed by atoms with E-state index in [4.69, 9.17) is 5.11 Å². The van der Waals surface area contributed by atoms with Crippen molar-refractivity contribution in [3.8, 4) is 0 Å². The average Bonchev–Trinajstić information content (AvgIpc) is 2.67. The standard InChI is InChI=1S/C16H13N5O6/c22-14(10-4-1-2-5-12(10)21(26)27)20-9-3-8-19(16(20)25)13-7-6-11(15(23)24)17-18-13/h1-2,4-7H,3,8-9H2,(H,23,24). The fourth-order valence-electron chi connectivity index (χ4n) is 2.67. The maximum atomic E-state index is 12.7. The lowest BCUT2D eigenvalue weighted by molar-refractivity contribution is -0.385. The second kappa shape index (κ2) is 7.15. The number of para-hydroxylation sites is 1. The zero-order chi connectivity index (χ0) is 19.6. The van der Waals surface area contributed by atoms with Gasteiger partial charge in [0.1, 0.15) is 5.56 Å². The Hall–Kier alpha value is -3.89. The number of anilines is 1. The van der Waals surface area contributed by atoms with E-state index in [1.54, 1.807) is 0 Å². The van der Waals surface area contributed by atoms with E-state index < -0.39 is 28.5 Å². The van der Waals surface area contributed by atoms with Gasteiger partial charge in [-0.2, -0.15) is 0 Å². The van der Waals surface area contributed by atoms with Gasteiger partial charge < -0.3 is 5.11 Å². The summed E-state index contributed by atoms with van der Waals surface area (Å²) >= 11 is 0. The van der Waals surface area contributed by atoms with Crippen molar-refractivity contribution < 1.29 is 24.4 Å². The number of carboxylic acids is 1. The van der Waals surface area contributed by atoms with Crippen LogP contribution in [0.5, 0.6) is 0 Å². The zero-order valence-electron chi connectivity index (χ0n) is 13.8. The van der Waals surface area contributed by atoms with E-state index >= 15 is 0 Å². The number of carbonyl (C=O) groups is 3. The van der Waals surface area contributed by atoms with Gasteiger partial charge in [0, 0.05) is 19.2 Å². The summed E-state index contributed by atoms with van der Waals surface area (Å²) in [4.78, 5) is 48.8. The van der Waals surface area contributed by atoms with Crippen LogP contribution < -0.4 is 4.90 Å². The number of rotatable bonds is 4. The molecule has 0 bridgehead atoms.